The van der Waals surface area contributed by atoms with Crippen LogP contribution in [0.4, 0.5) is 17.2 Å². The number of benzene rings is 1. The number of nitrogens with zero attached hydrogens (tertiary/aromatic N) is 1. The van der Waals surface area contributed by atoms with Gasteiger partial charge in [0.2, 0.25) is 0 Å². The Morgan fingerprint density at radius 1 is 1.45 bits per heavy atom. The molecule has 0 bridgehead atoms. The highest BCUT2D eigenvalue weighted by Crippen LogP contribution is 2.29. The third-order valence-corrected chi connectivity index (χ3v) is 3.46. The van der Waals surface area contributed by atoms with Crippen LogP contribution < -0.4 is 11.1 Å². The SMILES string of the molecule is COC(=O)c1cc(Nc2cc(Cl)ccc2Br)ncc1N. The van der Waals surface area contributed by atoms with Crippen LogP contribution in [-0.2, 0) is 4.74 Å². The van der Waals surface area contributed by atoms with E-state index in [4.69, 9.17) is 17.3 Å². The van der Waals surface area contributed by atoms with E-state index in [1.165, 1.54) is 19.4 Å². The standard InChI is InChI=1S/C13H11BrClN3O2/c1-20-13(19)8-5-12(17-6-10(8)16)18-11-4-7(15)2-3-9(11)14/h2-6H,16H2,1H3,(H,17,18). The number of halogens is 2. The van der Waals surface area contributed by atoms with Gasteiger partial charge in [-0.25, -0.2) is 9.78 Å². The summed E-state index contributed by atoms with van der Waals surface area (Å²) in [6.07, 6.45) is 1.40. The molecule has 5 nitrogen and oxygen atoms in total. The van der Waals surface area contributed by atoms with Crippen LogP contribution in [0.15, 0.2) is 34.9 Å². The number of nitrogens with two attached hydrogens (primary N) is 1. The number of carbonyl (C=O) groups excluding carboxylic acids is 1. The summed E-state index contributed by atoms with van der Waals surface area (Å²) in [4.78, 5) is 15.7. The van der Waals surface area contributed by atoms with Crippen LogP contribution in [0.1, 0.15) is 10.4 Å². The minimum absolute atomic E-state index is 0.253. The van der Waals surface area contributed by atoms with Gasteiger partial charge in [-0.3, -0.25) is 0 Å². The van der Waals surface area contributed by atoms with E-state index < -0.39 is 5.97 Å². The highest BCUT2D eigenvalue weighted by molar-refractivity contribution is 9.10. The van der Waals surface area contributed by atoms with Crippen molar-refractivity contribution in [2.45, 2.75) is 0 Å². The van der Waals surface area contributed by atoms with Gasteiger partial charge in [-0.2, -0.15) is 0 Å². The summed E-state index contributed by atoms with van der Waals surface area (Å²) in [6.45, 7) is 0. The van der Waals surface area contributed by atoms with Gasteiger partial charge in [0, 0.05) is 9.50 Å². The molecule has 3 N–H and O–H groups in total. The van der Waals surface area contributed by atoms with Crippen molar-refractivity contribution in [2.24, 2.45) is 0 Å². The minimum atomic E-state index is -0.516. The van der Waals surface area contributed by atoms with E-state index in [0.29, 0.717) is 10.8 Å². The molecule has 0 amide bonds. The van der Waals surface area contributed by atoms with Gasteiger partial charge < -0.3 is 15.8 Å². The van der Waals surface area contributed by atoms with Crippen molar-refractivity contribution in [3.63, 3.8) is 0 Å². The molecular weight excluding hydrogens is 346 g/mol. The van der Waals surface area contributed by atoms with E-state index in [0.717, 1.165) is 10.2 Å². The van der Waals surface area contributed by atoms with Crippen LogP contribution in [0, 0.1) is 0 Å². The average molecular weight is 357 g/mol. The number of anilines is 3. The fourth-order valence-corrected chi connectivity index (χ4v) is 2.07. The average Bonchev–Trinajstić information content (AvgIpc) is 2.44. The molecule has 104 valence electrons. The Balaban J connectivity index is 2.34. The van der Waals surface area contributed by atoms with E-state index in [1.54, 1.807) is 12.1 Å². The van der Waals surface area contributed by atoms with Crippen molar-refractivity contribution in [1.82, 2.24) is 4.98 Å². The molecule has 2 aromatic rings. The lowest BCUT2D eigenvalue weighted by atomic mass is 10.2. The van der Waals surface area contributed by atoms with Crippen LogP contribution in [0.2, 0.25) is 5.02 Å². The molecule has 0 spiro atoms. The normalized spacial score (nSPS) is 10.2. The first-order chi connectivity index (χ1) is 9.51. The van der Waals surface area contributed by atoms with Gasteiger partial charge >= 0.3 is 5.97 Å². The molecular formula is C13H11BrClN3O2. The summed E-state index contributed by atoms with van der Waals surface area (Å²) in [6, 6.07) is 6.83. The molecule has 0 atom stereocenters. The van der Waals surface area contributed by atoms with E-state index in [9.17, 15) is 4.79 Å². The summed E-state index contributed by atoms with van der Waals surface area (Å²) in [5.74, 6) is -0.0549. The fourth-order valence-electron chi connectivity index (χ4n) is 1.55. The van der Waals surface area contributed by atoms with Crippen molar-refractivity contribution in [1.29, 1.82) is 0 Å². The van der Waals surface area contributed by atoms with E-state index in [1.807, 2.05) is 6.07 Å². The van der Waals surface area contributed by atoms with Gasteiger partial charge in [-0.1, -0.05) is 11.6 Å². The molecule has 1 aromatic heterocycles. The van der Waals surface area contributed by atoms with Crippen molar-refractivity contribution in [3.05, 3.63) is 45.5 Å². The zero-order valence-corrected chi connectivity index (χ0v) is 12.8. The number of ether oxygens (including phenoxy) is 1. The summed E-state index contributed by atoms with van der Waals surface area (Å²) in [5.41, 5.74) is 6.93. The molecule has 1 heterocycles. The number of pyridine rings is 1. The Bertz CT molecular complexity index is 664. The maximum atomic E-state index is 11.6. The molecule has 1 aromatic carbocycles. The van der Waals surface area contributed by atoms with Crippen LogP contribution in [-0.4, -0.2) is 18.1 Å². The Hall–Kier alpha value is -1.79. The van der Waals surface area contributed by atoms with Gasteiger partial charge in [-0.15, -0.1) is 0 Å². The number of rotatable bonds is 3. The van der Waals surface area contributed by atoms with Gasteiger partial charge in [-0.05, 0) is 40.2 Å². The number of nitrogen functional groups attached to an aromatic ring is 1. The number of esters is 1. The molecule has 2 rings (SSSR count). The molecule has 0 aliphatic carbocycles. The highest BCUT2D eigenvalue weighted by Gasteiger charge is 2.12. The topological polar surface area (TPSA) is 77.2 Å². The lowest BCUT2D eigenvalue weighted by Gasteiger charge is -2.10. The molecule has 7 heteroatoms. The quantitative estimate of drug-likeness (QED) is 0.822. The van der Waals surface area contributed by atoms with E-state index in [2.05, 4.69) is 31.0 Å². The fraction of sp³-hybridized carbons (Fsp3) is 0.0769. The number of aromatic nitrogens is 1. The van der Waals surface area contributed by atoms with Gasteiger partial charge in [0.15, 0.2) is 0 Å². The lowest BCUT2D eigenvalue weighted by Crippen LogP contribution is -2.07. The summed E-state index contributed by atoms with van der Waals surface area (Å²) in [7, 11) is 1.29. The molecule has 0 radical (unpaired) electrons. The summed E-state index contributed by atoms with van der Waals surface area (Å²) >= 11 is 9.34. The minimum Gasteiger partial charge on any atom is -0.465 e. The van der Waals surface area contributed by atoms with Crippen molar-refractivity contribution in [2.75, 3.05) is 18.2 Å². The second kappa shape index (κ2) is 6.11. The molecule has 0 saturated carbocycles. The first-order valence-electron chi connectivity index (χ1n) is 5.57. The summed E-state index contributed by atoms with van der Waals surface area (Å²) < 4.78 is 5.48. The molecule has 0 aliphatic rings. The second-order valence-corrected chi connectivity index (χ2v) is 5.19. The number of hydrogen-bond acceptors (Lipinski definition) is 5. The molecule has 0 aliphatic heterocycles. The van der Waals surface area contributed by atoms with Crippen LogP contribution in [0.25, 0.3) is 0 Å². The van der Waals surface area contributed by atoms with Crippen molar-refractivity contribution < 1.29 is 9.53 Å². The zero-order chi connectivity index (χ0) is 14.7. The largest absolute Gasteiger partial charge is 0.465 e. The lowest BCUT2D eigenvalue weighted by molar-refractivity contribution is 0.0602. The number of methoxy groups -OCH3 is 1. The second-order valence-electron chi connectivity index (χ2n) is 3.90. The maximum absolute atomic E-state index is 11.6. The number of hydrogen-bond donors (Lipinski definition) is 2. The maximum Gasteiger partial charge on any atom is 0.340 e. The van der Waals surface area contributed by atoms with Crippen LogP contribution in [0.3, 0.4) is 0 Å². The zero-order valence-electron chi connectivity index (χ0n) is 10.5. The van der Waals surface area contributed by atoms with Gasteiger partial charge in [0.05, 0.1) is 30.2 Å². The Morgan fingerprint density at radius 2 is 2.20 bits per heavy atom. The monoisotopic (exact) mass is 355 g/mol. The predicted molar refractivity (Wildman–Crippen MR) is 82.4 cm³/mol. The molecule has 0 unspecified atom stereocenters. The predicted octanol–water partition coefficient (Wildman–Crippen LogP) is 3.61. The number of carbonyl (C=O) groups is 1. The third-order valence-electron chi connectivity index (χ3n) is 2.53. The Kier molecular flexibility index (Phi) is 4.46. The van der Waals surface area contributed by atoms with Crippen LogP contribution >= 0.6 is 27.5 Å². The van der Waals surface area contributed by atoms with Crippen LogP contribution in [0.5, 0.6) is 0 Å². The van der Waals surface area contributed by atoms with Crippen molar-refractivity contribution in [3.8, 4) is 0 Å². The number of nitrogens with one attached hydrogen (secondary N) is 1. The first-order valence-corrected chi connectivity index (χ1v) is 6.74. The molecule has 20 heavy (non-hydrogen) atoms. The smallest absolute Gasteiger partial charge is 0.340 e. The van der Waals surface area contributed by atoms with Crippen molar-refractivity contribution >= 4 is 50.7 Å². The third kappa shape index (κ3) is 3.20. The molecule has 0 fully saturated rings. The summed E-state index contributed by atoms with van der Waals surface area (Å²) in [5, 5.41) is 3.64. The molecule has 0 saturated heterocycles. The Morgan fingerprint density at radius 3 is 2.90 bits per heavy atom. The van der Waals surface area contributed by atoms with E-state index in [-0.39, 0.29) is 11.3 Å². The van der Waals surface area contributed by atoms with Gasteiger partial charge in [0.25, 0.3) is 0 Å². The van der Waals surface area contributed by atoms with E-state index >= 15 is 0 Å². The first kappa shape index (κ1) is 14.6. The van der Waals surface area contributed by atoms with Gasteiger partial charge in [0.1, 0.15) is 5.82 Å². The highest BCUT2D eigenvalue weighted by atomic mass is 79.9. The Labute approximate surface area is 129 Å².